The van der Waals surface area contributed by atoms with Crippen molar-refractivity contribution in [1.82, 2.24) is 0 Å². The minimum absolute atomic E-state index is 0.0987. The normalized spacial score (nSPS) is 17.0. The number of halogens is 1. The molecule has 0 fully saturated rings. The average molecular weight is 394 g/mol. The van der Waals surface area contributed by atoms with Crippen LogP contribution >= 0.6 is 11.6 Å². The highest BCUT2D eigenvalue weighted by molar-refractivity contribution is 6.30. The number of hydrogen-bond acceptors (Lipinski definition) is 2. The largest absolute Gasteiger partial charge is 0.373 e. The van der Waals surface area contributed by atoms with Gasteiger partial charge in [0.25, 0.3) is 0 Å². The smallest absolute Gasteiger partial charge is 0.192 e. The monoisotopic (exact) mass is 393 g/mol. The van der Waals surface area contributed by atoms with Gasteiger partial charge in [-0.3, -0.25) is 4.79 Å². The molecular weight excluding hydrogens is 378 g/mol. The standard InChI is InChI=1S/C26H16ClNO/c27-17-12-9-16(10-13-17)25-24-23(19-7-3-4-8-20(19)26(24)29)22-18-6-2-1-5-15(18)11-14-21(22)28-25/h1-14,25,28H. The first-order valence-electron chi connectivity index (χ1n) is 9.65. The molecule has 3 heteroatoms. The number of ketones is 1. The lowest BCUT2D eigenvalue weighted by atomic mass is 9.84. The van der Waals surface area contributed by atoms with Gasteiger partial charge in [-0.25, -0.2) is 0 Å². The summed E-state index contributed by atoms with van der Waals surface area (Å²) >= 11 is 6.11. The fraction of sp³-hybridized carbons (Fsp3) is 0.0385. The van der Waals surface area contributed by atoms with Crippen LogP contribution in [0.2, 0.25) is 5.02 Å². The maximum Gasteiger partial charge on any atom is 0.192 e. The molecule has 1 aliphatic heterocycles. The minimum atomic E-state index is -0.212. The van der Waals surface area contributed by atoms with E-state index in [0.717, 1.165) is 44.5 Å². The number of carbonyl (C=O) groups is 1. The second kappa shape index (κ2) is 6.07. The number of fused-ring (bicyclic) bond motifs is 6. The molecule has 4 aromatic carbocycles. The molecule has 0 saturated heterocycles. The molecule has 4 aromatic rings. The van der Waals surface area contributed by atoms with Crippen molar-refractivity contribution < 1.29 is 4.79 Å². The number of anilines is 1. The highest BCUT2D eigenvalue weighted by Gasteiger charge is 2.39. The van der Waals surface area contributed by atoms with Crippen molar-refractivity contribution in [3.05, 3.63) is 118 Å². The van der Waals surface area contributed by atoms with Gasteiger partial charge in [-0.2, -0.15) is 0 Å². The Labute approximate surface area is 173 Å². The second-order valence-electron chi connectivity index (χ2n) is 7.50. The van der Waals surface area contributed by atoms with Gasteiger partial charge in [0.15, 0.2) is 5.78 Å². The third-order valence-corrected chi connectivity index (χ3v) is 6.18. The van der Waals surface area contributed by atoms with E-state index in [-0.39, 0.29) is 11.8 Å². The predicted octanol–water partition coefficient (Wildman–Crippen LogP) is 6.66. The fourth-order valence-electron chi connectivity index (χ4n) is 4.64. The van der Waals surface area contributed by atoms with Gasteiger partial charge < -0.3 is 5.32 Å². The van der Waals surface area contributed by atoms with Crippen LogP contribution in [0, 0.1) is 0 Å². The number of benzene rings is 4. The molecule has 1 unspecified atom stereocenters. The Kier molecular flexibility index (Phi) is 3.47. The third-order valence-electron chi connectivity index (χ3n) is 5.93. The van der Waals surface area contributed by atoms with E-state index in [2.05, 4.69) is 41.7 Å². The molecule has 0 aromatic heterocycles. The Bertz CT molecular complexity index is 1350. The van der Waals surface area contributed by atoms with Gasteiger partial charge in [0, 0.05) is 33.0 Å². The molecule has 1 atom stereocenters. The first kappa shape index (κ1) is 16.6. The minimum Gasteiger partial charge on any atom is -0.373 e. The molecular formula is C26H16ClNO. The summed E-state index contributed by atoms with van der Waals surface area (Å²) in [5.41, 5.74) is 6.86. The van der Waals surface area contributed by atoms with Crippen LogP contribution in [0.1, 0.15) is 33.1 Å². The molecule has 0 saturated carbocycles. The summed E-state index contributed by atoms with van der Waals surface area (Å²) in [4.78, 5) is 13.5. The van der Waals surface area contributed by atoms with Gasteiger partial charge in [-0.1, -0.05) is 78.3 Å². The Morgan fingerprint density at radius 3 is 2.31 bits per heavy atom. The molecule has 2 nitrogen and oxygen atoms in total. The van der Waals surface area contributed by atoms with Crippen LogP contribution in [0.4, 0.5) is 5.69 Å². The van der Waals surface area contributed by atoms with E-state index >= 15 is 0 Å². The van der Waals surface area contributed by atoms with Crippen LogP contribution in [0.25, 0.3) is 16.3 Å². The zero-order valence-corrected chi connectivity index (χ0v) is 16.2. The summed E-state index contributed by atoms with van der Waals surface area (Å²) < 4.78 is 0. The van der Waals surface area contributed by atoms with Crippen LogP contribution in [0.15, 0.2) is 90.5 Å². The van der Waals surface area contributed by atoms with E-state index in [1.165, 1.54) is 5.39 Å². The molecule has 1 aliphatic carbocycles. The van der Waals surface area contributed by atoms with Gasteiger partial charge in [0.1, 0.15) is 0 Å². The van der Waals surface area contributed by atoms with Crippen molar-refractivity contribution >= 4 is 39.4 Å². The Morgan fingerprint density at radius 2 is 1.48 bits per heavy atom. The zero-order valence-electron chi connectivity index (χ0n) is 15.4. The summed E-state index contributed by atoms with van der Waals surface area (Å²) in [5, 5.41) is 6.65. The number of nitrogens with one attached hydrogen (secondary N) is 1. The summed E-state index contributed by atoms with van der Waals surface area (Å²) in [6.45, 7) is 0. The predicted molar refractivity (Wildman–Crippen MR) is 119 cm³/mol. The topological polar surface area (TPSA) is 29.1 Å². The van der Waals surface area contributed by atoms with Gasteiger partial charge in [-0.15, -0.1) is 0 Å². The first-order chi connectivity index (χ1) is 14.2. The first-order valence-corrected chi connectivity index (χ1v) is 10.0. The van der Waals surface area contributed by atoms with E-state index in [0.29, 0.717) is 5.02 Å². The maximum atomic E-state index is 13.5. The highest BCUT2D eigenvalue weighted by atomic mass is 35.5. The van der Waals surface area contributed by atoms with Crippen molar-refractivity contribution in [3.63, 3.8) is 0 Å². The lowest BCUT2D eigenvalue weighted by molar-refractivity contribution is 0.103. The zero-order chi connectivity index (χ0) is 19.5. The van der Waals surface area contributed by atoms with Gasteiger partial charge >= 0.3 is 0 Å². The Balaban J connectivity index is 1.70. The van der Waals surface area contributed by atoms with Gasteiger partial charge in [0.2, 0.25) is 0 Å². The molecule has 0 bridgehead atoms. The van der Waals surface area contributed by atoms with E-state index in [4.69, 9.17) is 11.6 Å². The van der Waals surface area contributed by atoms with Crippen molar-refractivity contribution in [2.75, 3.05) is 5.32 Å². The number of hydrogen-bond donors (Lipinski definition) is 1. The van der Waals surface area contributed by atoms with Crippen LogP contribution in [-0.2, 0) is 0 Å². The molecule has 29 heavy (non-hydrogen) atoms. The van der Waals surface area contributed by atoms with E-state index in [1.807, 2.05) is 48.5 Å². The molecule has 138 valence electrons. The van der Waals surface area contributed by atoms with Crippen LogP contribution < -0.4 is 5.32 Å². The van der Waals surface area contributed by atoms with Crippen molar-refractivity contribution in [2.24, 2.45) is 0 Å². The third kappa shape index (κ3) is 2.33. The summed E-state index contributed by atoms with van der Waals surface area (Å²) in [5.74, 6) is 0.0987. The fourth-order valence-corrected chi connectivity index (χ4v) is 4.77. The quantitative estimate of drug-likeness (QED) is 0.392. The lowest BCUT2D eigenvalue weighted by Gasteiger charge is -2.30. The Hall–Kier alpha value is -3.36. The molecule has 6 rings (SSSR count). The molecule has 0 amide bonds. The van der Waals surface area contributed by atoms with Crippen LogP contribution in [0.3, 0.4) is 0 Å². The van der Waals surface area contributed by atoms with E-state index in [9.17, 15) is 4.79 Å². The van der Waals surface area contributed by atoms with Crippen LogP contribution in [0.5, 0.6) is 0 Å². The number of rotatable bonds is 1. The maximum absolute atomic E-state index is 13.5. The number of Topliss-reactive ketones (excluding diaryl/α,β-unsaturated/α-hetero) is 1. The summed E-state index contributed by atoms with van der Waals surface area (Å²) in [6, 6.07) is 28.1. The second-order valence-corrected chi connectivity index (χ2v) is 7.94. The van der Waals surface area contributed by atoms with Gasteiger partial charge in [-0.05, 0) is 40.1 Å². The Morgan fingerprint density at radius 1 is 0.759 bits per heavy atom. The molecule has 0 spiro atoms. The van der Waals surface area contributed by atoms with Crippen LogP contribution in [-0.4, -0.2) is 5.78 Å². The van der Waals surface area contributed by atoms with Crippen molar-refractivity contribution in [2.45, 2.75) is 6.04 Å². The average Bonchev–Trinajstić information content (AvgIpc) is 3.07. The van der Waals surface area contributed by atoms with E-state index in [1.54, 1.807) is 0 Å². The lowest BCUT2D eigenvalue weighted by Crippen LogP contribution is -2.22. The highest BCUT2D eigenvalue weighted by Crippen LogP contribution is 2.51. The number of carbonyl (C=O) groups excluding carboxylic acids is 1. The van der Waals surface area contributed by atoms with Gasteiger partial charge in [0.05, 0.1) is 6.04 Å². The van der Waals surface area contributed by atoms with Crippen molar-refractivity contribution in [1.29, 1.82) is 0 Å². The molecule has 0 radical (unpaired) electrons. The summed E-state index contributed by atoms with van der Waals surface area (Å²) in [6.07, 6.45) is 0. The SMILES string of the molecule is O=C1C2=C(c3ccccc31)c1c(ccc3ccccc13)NC2c1ccc(Cl)cc1. The molecule has 1 heterocycles. The van der Waals surface area contributed by atoms with Crippen molar-refractivity contribution in [3.8, 4) is 0 Å². The summed E-state index contributed by atoms with van der Waals surface area (Å²) in [7, 11) is 0. The molecule has 2 aliphatic rings. The van der Waals surface area contributed by atoms with E-state index < -0.39 is 0 Å². The molecule has 1 N–H and O–H groups in total.